The molecule has 0 fully saturated rings. The van der Waals surface area contributed by atoms with Gasteiger partial charge in [-0.1, -0.05) is 13.0 Å². The topological polar surface area (TPSA) is 136 Å². The fraction of sp³-hybridized carbons (Fsp3) is 0.364. The molecule has 0 radical (unpaired) electrons. The molecule has 1 aliphatic heterocycles. The first-order valence-corrected chi connectivity index (χ1v) is 11.2. The van der Waals surface area contributed by atoms with Gasteiger partial charge in [0.05, 0.1) is 23.2 Å². The zero-order valence-corrected chi connectivity index (χ0v) is 18.8. The van der Waals surface area contributed by atoms with Gasteiger partial charge < -0.3 is 10.1 Å². The Morgan fingerprint density at radius 1 is 1.30 bits per heavy atom. The Kier molecular flexibility index (Phi) is 5.98. The average molecular weight is 471 g/mol. The minimum atomic E-state index is -0.800. The second-order valence-electron chi connectivity index (χ2n) is 8.06. The van der Waals surface area contributed by atoms with Crippen molar-refractivity contribution in [2.24, 2.45) is 5.92 Å². The molecule has 1 N–H and O–H groups in total. The van der Waals surface area contributed by atoms with Crippen molar-refractivity contribution in [3.63, 3.8) is 0 Å². The number of thiophene rings is 1. The van der Waals surface area contributed by atoms with Gasteiger partial charge in [0.25, 0.3) is 17.5 Å². The number of benzene rings is 1. The maximum absolute atomic E-state index is 12.7. The predicted molar refractivity (Wildman–Crippen MR) is 119 cm³/mol. The molecule has 0 unspecified atom stereocenters. The summed E-state index contributed by atoms with van der Waals surface area (Å²) in [6.07, 6.45) is 2.25. The molecular weight excluding hydrogens is 450 g/mol. The number of nitro benzene ring substituents is 1. The smallest absolute Gasteiger partial charge is 0.341 e. The van der Waals surface area contributed by atoms with Crippen LogP contribution in [0.1, 0.15) is 61.3 Å². The minimum absolute atomic E-state index is 0.0531. The molecule has 1 aromatic heterocycles. The van der Waals surface area contributed by atoms with Crippen LogP contribution in [0, 0.1) is 16.0 Å². The molecule has 11 heteroatoms. The lowest BCUT2D eigenvalue weighted by molar-refractivity contribution is -0.385. The van der Waals surface area contributed by atoms with Gasteiger partial charge in [-0.05, 0) is 36.8 Å². The summed E-state index contributed by atoms with van der Waals surface area (Å²) < 4.78 is 4.91. The van der Waals surface area contributed by atoms with Gasteiger partial charge in [-0.15, -0.1) is 11.3 Å². The summed E-state index contributed by atoms with van der Waals surface area (Å²) in [4.78, 5) is 62.7. The molecule has 3 amide bonds. The minimum Gasteiger partial charge on any atom is -0.465 e. The summed E-state index contributed by atoms with van der Waals surface area (Å²) in [5, 5.41) is 14.3. The number of hydrogen-bond donors (Lipinski definition) is 1. The third kappa shape index (κ3) is 3.99. The SMILES string of the molecule is COC(=O)c1c(NC(=O)CCN2C(=O)c3cccc([N+](=O)[O-])c3C2=O)sc2c1CC[C@@H](C)C2. The highest BCUT2D eigenvalue weighted by atomic mass is 32.1. The molecule has 0 saturated carbocycles. The summed E-state index contributed by atoms with van der Waals surface area (Å²) in [5.41, 5.74) is 0.490. The molecule has 1 atom stereocenters. The predicted octanol–water partition coefficient (Wildman–Crippen LogP) is 3.19. The average Bonchev–Trinajstić information content (AvgIpc) is 3.25. The maximum atomic E-state index is 12.7. The molecule has 172 valence electrons. The first-order valence-electron chi connectivity index (χ1n) is 10.4. The van der Waals surface area contributed by atoms with E-state index in [0.717, 1.165) is 40.7 Å². The number of rotatable bonds is 6. The van der Waals surface area contributed by atoms with E-state index in [4.69, 9.17) is 4.74 Å². The molecule has 33 heavy (non-hydrogen) atoms. The van der Waals surface area contributed by atoms with Crippen LogP contribution < -0.4 is 5.32 Å². The van der Waals surface area contributed by atoms with E-state index in [9.17, 15) is 29.3 Å². The first-order chi connectivity index (χ1) is 15.7. The summed E-state index contributed by atoms with van der Waals surface area (Å²) >= 11 is 1.34. The fourth-order valence-corrected chi connectivity index (χ4v) is 5.65. The number of methoxy groups -OCH3 is 1. The lowest BCUT2D eigenvalue weighted by Gasteiger charge is -2.18. The largest absolute Gasteiger partial charge is 0.465 e. The second kappa shape index (κ2) is 8.74. The van der Waals surface area contributed by atoms with Crippen molar-refractivity contribution in [3.05, 3.63) is 55.4 Å². The van der Waals surface area contributed by atoms with Crippen molar-refractivity contribution in [2.75, 3.05) is 19.0 Å². The van der Waals surface area contributed by atoms with E-state index in [1.54, 1.807) is 0 Å². The third-order valence-corrected chi connectivity index (χ3v) is 7.06. The standard InChI is InChI=1S/C22H21N3O7S/c1-11-6-7-12-15(10-11)33-19(18(12)22(29)32-2)23-16(26)8-9-24-20(27)13-4-3-5-14(25(30)31)17(13)21(24)28/h3-5,11H,6-10H2,1-2H3,(H,23,26)/t11-/m1/s1. The molecule has 1 aliphatic carbocycles. The Labute approximate surface area is 192 Å². The summed E-state index contributed by atoms with van der Waals surface area (Å²) in [7, 11) is 1.28. The summed E-state index contributed by atoms with van der Waals surface area (Å²) in [5.74, 6) is -2.01. The van der Waals surface area contributed by atoms with E-state index in [2.05, 4.69) is 12.2 Å². The maximum Gasteiger partial charge on any atom is 0.341 e. The molecule has 0 spiro atoms. The van der Waals surface area contributed by atoms with Crippen molar-refractivity contribution in [3.8, 4) is 0 Å². The number of carbonyl (C=O) groups excluding carboxylic acids is 4. The monoisotopic (exact) mass is 471 g/mol. The number of nitrogens with zero attached hydrogens (tertiary/aromatic N) is 2. The van der Waals surface area contributed by atoms with Gasteiger partial charge in [-0.25, -0.2) is 4.79 Å². The summed E-state index contributed by atoms with van der Waals surface area (Å²) in [6, 6.07) is 3.85. The fourth-order valence-electron chi connectivity index (χ4n) is 4.23. The van der Waals surface area contributed by atoms with E-state index >= 15 is 0 Å². The zero-order valence-electron chi connectivity index (χ0n) is 18.0. The van der Waals surface area contributed by atoms with Crippen LogP contribution in [0.4, 0.5) is 10.7 Å². The number of esters is 1. The number of fused-ring (bicyclic) bond motifs is 2. The zero-order chi connectivity index (χ0) is 23.9. The van der Waals surface area contributed by atoms with Crippen molar-refractivity contribution in [2.45, 2.75) is 32.6 Å². The third-order valence-electron chi connectivity index (χ3n) is 5.89. The van der Waals surface area contributed by atoms with Crippen LogP contribution in [-0.2, 0) is 22.4 Å². The van der Waals surface area contributed by atoms with Gasteiger partial charge in [-0.3, -0.25) is 29.4 Å². The van der Waals surface area contributed by atoms with E-state index in [1.165, 1.54) is 30.6 Å². The van der Waals surface area contributed by atoms with Gasteiger partial charge in [0.2, 0.25) is 5.91 Å². The quantitative estimate of drug-likeness (QED) is 0.296. The van der Waals surface area contributed by atoms with Crippen LogP contribution in [0.2, 0.25) is 0 Å². The molecular formula is C22H21N3O7S. The van der Waals surface area contributed by atoms with Crippen LogP contribution in [0.5, 0.6) is 0 Å². The normalized spacial score (nSPS) is 16.9. The number of nitro groups is 1. The lowest BCUT2D eigenvalue weighted by atomic mass is 9.88. The van der Waals surface area contributed by atoms with Gasteiger partial charge in [-0.2, -0.15) is 0 Å². The molecule has 2 aliphatic rings. The van der Waals surface area contributed by atoms with Crippen LogP contribution >= 0.6 is 11.3 Å². The van der Waals surface area contributed by atoms with Crippen molar-refractivity contribution in [1.82, 2.24) is 4.90 Å². The number of imide groups is 1. The van der Waals surface area contributed by atoms with E-state index in [1.807, 2.05) is 0 Å². The molecule has 2 aromatic rings. The highest BCUT2D eigenvalue weighted by Crippen LogP contribution is 2.40. The van der Waals surface area contributed by atoms with Gasteiger partial charge >= 0.3 is 5.97 Å². The molecule has 0 saturated heterocycles. The lowest BCUT2D eigenvalue weighted by Crippen LogP contribution is -2.33. The number of carbonyl (C=O) groups is 4. The Morgan fingerprint density at radius 2 is 2.06 bits per heavy atom. The highest BCUT2D eigenvalue weighted by Gasteiger charge is 2.41. The van der Waals surface area contributed by atoms with Crippen LogP contribution in [0.25, 0.3) is 0 Å². The number of ether oxygens (including phenoxy) is 1. The van der Waals surface area contributed by atoms with Gasteiger partial charge in [0.1, 0.15) is 10.6 Å². The van der Waals surface area contributed by atoms with Crippen molar-refractivity contribution >= 4 is 45.7 Å². The number of hydrogen-bond acceptors (Lipinski definition) is 8. The van der Waals surface area contributed by atoms with E-state index in [0.29, 0.717) is 16.5 Å². The Morgan fingerprint density at radius 3 is 2.76 bits per heavy atom. The number of nitrogens with one attached hydrogen (secondary N) is 1. The molecule has 2 heterocycles. The van der Waals surface area contributed by atoms with Crippen LogP contribution in [-0.4, -0.2) is 47.2 Å². The van der Waals surface area contributed by atoms with Crippen LogP contribution in [0.15, 0.2) is 18.2 Å². The Hall–Kier alpha value is -3.60. The number of anilines is 1. The van der Waals surface area contributed by atoms with Gasteiger partial charge in [0, 0.05) is 23.9 Å². The molecule has 10 nitrogen and oxygen atoms in total. The van der Waals surface area contributed by atoms with Crippen molar-refractivity contribution in [1.29, 1.82) is 0 Å². The van der Waals surface area contributed by atoms with E-state index < -0.39 is 34.3 Å². The van der Waals surface area contributed by atoms with E-state index in [-0.39, 0.29) is 24.1 Å². The summed E-state index contributed by atoms with van der Waals surface area (Å²) in [6.45, 7) is 1.89. The molecule has 0 bridgehead atoms. The highest BCUT2D eigenvalue weighted by molar-refractivity contribution is 7.17. The molecule has 1 aromatic carbocycles. The second-order valence-corrected chi connectivity index (χ2v) is 9.17. The Balaban J connectivity index is 1.49. The first kappa shape index (κ1) is 22.6. The Bertz CT molecular complexity index is 1200. The molecule has 4 rings (SSSR count). The van der Waals surface area contributed by atoms with Crippen LogP contribution in [0.3, 0.4) is 0 Å². The number of amides is 3. The van der Waals surface area contributed by atoms with Gasteiger partial charge in [0.15, 0.2) is 0 Å². The van der Waals surface area contributed by atoms with Crippen molar-refractivity contribution < 1.29 is 28.8 Å².